The second-order valence-electron chi connectivity index (χ2n) is 3.77. The van der Waals surface area contributed by atoms with E-state index >= 15 is 0 Å². The summed E-state index contributed by atoms with van der Waals surface area (Å²) in [4.78, 5) is 0. The molecule has 2 N–H and O–H groups in total. The zero-order valence-corrected chi connectivity index (χ0v) is 8.28. The summed E-state index contributed by atoms with van der Waals surface area (Å²) in [6.45, 7) is 1.12. The third-order valence-electron chi connectivity index (χ3n) is 2.74. The van der Waals surface area contributed by atoms with E-state index in [1.165, 1.54) is 42.8 Å². The SMILES string of the molecule is C1CNc2c(C3CC3)n[nH]c2C1.Cl. The van der Waals surface area contributed by atoms with E-state index in [1.807, 2.05) is 0 Å². The number of H-pyrrole nitrogens is 1. The summed E-state index contributed by atoms with van der Waals surface area (Å²) in [5, 5.41) is 10.9. The van der Waals surface area contributed by atoms with Crippen LogP contribution >= 0.6 is 12.4 Å². The molecule has 2 aliphatic rings. The van der Waals surface area contributed by atoms with Gasteiger partial charge in [-0.3, -0.25) is 5.10 Å². The van der Waals surface area contributed by atoms with Crippen LogP contribution in [0.25, 0.3) is 0 Å². The Bertz CT molecular complexity index is 304. The van der Waals surface area contributed by atoms with E-state index in [0.29, 0.717) is 0 Å². The molecule has 0 amide bonds. The molecule has 13 heavy (non-hydrogen) atoms. The highest BCUT2D eigenvalue weighted by atomic mass is 35.5. The molecule has 0 saturated heterocycles. The third-order valence-corrected chi connectivity index (χ3v) is 2.74. The Morgan fingerprint density at radius 3 is 2.92 bits per heavy atom. The lowest BCUT2D eigenvalue weighted by Crippen LogP contribution is -2.11. The smallest absolute Gasteiger partial charge is 0.0887 e. The molecule has 1 saturated carbocycles. The fourth-order valence-electron chi connectivity index (χ4n) is 1.90. The number of aryl methyl sites for hydroxylation is 1. The maximum Gasteiger partial charge on any atom is 0.0887 e. The first-order valence-corrected chi connectivity index (χ1v) is 4.76. The van der Waals surface area contributed by atoms with Crippen LogP contribution in [0.2, 0.25) is 0 Å². The van der Waals surface area contributed by atoms with E-state index in [0.717, 1.165) is 12.5 Å². The summed E-state index contributed by atoms with van der Waals surface area (Å²) in [6, 6.07) is 0. The Balaban J connectivity index is 0.000000653. The molecule has 3 rings (SSSR count). The maximum absolute atomic E-state index is 4.37. The van der Waals surface area contributed by atoms with Crippen molar-refractivity contribution in [1.29, 1.82) is 0 Å². The van der Waals surface area contributed by atoms with E-state index in [1.54, 1.807) is 0 Å². The van der Waals surface area contributed by atoms with Gasteiger partial charge in [0.2, 0.25) is 0 Å². The molecule has 1 aliphatic heterocycles. The van der Waals surface area contributed by atoms with Crippen molar-refractivity contribution in [2.45, 2.75) is 31.6 Å². The van der Waals surface area contributed by atoms with Crippen molar-refractivity contribution in [1.82, 2.24) is 10.2 Å². The van der Waals surface area contributed by atoms with Crippen LogP contribution in [-0.4, -0.2) is 16.7 Å². The first-order chi connectivity index (χ1) is 5.95. The molecule has 0 unspecified atom stereocenters. The van der Waals surface area contributed by atoms with Gasteiger partial charge in [0.05, 0.1) is 17.1 Å². The van der Waals surface area contributed by atoms with E-state index in [4.69, 9.17) is 0 Å². The summed E-state index contributed by atoms with van der Waals surface area (Å²) >= 11 is 0. The van der Waals surface area contributed by atoms with Crippen molar-refractivity contribution < 1.29 is 0 Å². The van der Waals surface area contributed by atoms with Crippen molar-refractivity contribution >= 4 is 18.1 Å². The molecule has 0 spiro atoms. The summed E-state index contributed by atoms with van der Waals surface area (Å²) in [7, 11) is 0. The van der Waals surface area contributed by atoms with Gasteiger partial charge in [0.15, 0.2) is 0 Å². The van der Waals surface area contributed by atoms with Crippen molar-refractivity contribution in [3.63, 3.8) is 0 Å². The van der Waals surface area contributed by atoms with Crippen LogP contribution in [0.1, 0.15) is 36.6 Å². The second-order valence-corrected chi connectivity index (χ2v) is 3.77. The first kappa shape index (κ1) is 8.88. The molecule has 4 heteroatoms. The highest BCUT2D eigenvalue weighted by Crippen LogP contribution is 2.43. The lowest BCUT2D eigenvalue weighted by Gasteiger charge is -2.13. The van der Waals surface area contributed by atoms with Crippen molar-refractivity contribution in [2.75, 3.05) is 11.9 Å². The van der Waals surface area contributed by atoms with Crippen LogP contribution in [0.15, 0.2) is 0 Å². The maximum atomic E-state index is 4.37. The van der Waals surface area contributed by atoms with E-state index in [2.05, 4.69) is 15.5 Å². The fourth-order valence-corrected chi connectivity index (χ4v) is 1.90. The Kier molecular flexibility index (Phi) is 2.20. The first-order valence-electron chi connectivity index (χ1n) is 4.76. The topological polar surface area (TPSA) is 40.7 Å². The summed E-state index contributed by atoms with van der Waals surface area (Å²) in [5.74, 6) is 0.760. The van der Waals surface area contributed by atoms with Crippen molar-refractivity contribution in [2.24, 2.45) is 0 Å². The van der Waals surface area contributed by atoms with Gasteiger partial charge in [-0.25, -0.2) is 0 Å². The van der Waals surface area contributed by atoms with Gasteiger partial charge < -0.3 is 5.32 Å². The van der Waals surface area contributed by atoms with Gasteiger partial charge >= 0.3 is 0 Å². The molecule has 0 aromatic carbocycles. The average molecular weight is 200 g/mol. The monoisotopic (exact) mass is 199 g/mol. The molecule has 0 radical (unpaired) electrons. The minimum absolute atomic E-state index is 0. The van der Waals surface area contributed by atoms with Crippen LogP contribution < -0.4 is 5.32 Å². The number of rotatable bonds is 1. The van der Waals surface area contributed by atoms with Crippen molar-refractivity contribution in [3.05, 3.63) is 11.4 Å². The van der Waals surface area contributed by atoms with Gasteiger partial charge in [-0.15, -0.1) is 12.4 Å². The second kappa shape index (κ2) is 3.22. The van der Waals surface area contributed by atoms with Crippen LogP contribution in [0, 0.1) is 0 Å². The normalized spacial score (nSPS) is 20.0. The summed E-state index contributed by atoms with van der Waals surface area (Å²) < 4.78 is 0. The number of anilines is 1. The predicted molar refractivity (Wildman–Crippen MR) is 54.6 cm³/mol. The molecule has 0 bridgehead atoms. The number of aromatic nitrogens is 2. The number of nitrogens with one attached hydrogen (secondary N) is 2. The molecule has 0 atom stereocenters. The highest BCUT2D eigenvalue weighted by Gasteiger charge is 2.30. The van der Waals surface area contributed by atoms with Gasteiger partial charge in [0.1, 0.15) is 0 Å². The van der Waals surface area contributed by atoms with Gasteiger partial charge in [0, 0.05) is 12.5 Å². The Hall–Kier alpha value is -0.700. The van der Waals surface area contributed by atoms with Gasteiger partial charge in [-0.1, -0.05) is 0 Å². The van der Waals surface area contributed by atoms with E-state index in [-0.39, 0.29) is 12.4 Å². The van der Waals surface area contributed by atoms with E-state index in [9.17, 15) is 0 Å². The van der Waals surface area contributed by atoms with Crippen LogP contribution in [-0.2, 0) is 6.42 Å². The fraction of sp³-hybridized carbons (Fsp3) is 0.667. The molecule has 1 aromatic heterocycles. The van der Waals surface area contributed by atoms with Gasteiger partial charge in [-0.05, 0) is 25.7 Å². The van der Waals surface area contributed by atoms with E-state index < -0.39 is 0 Å². The summed E-state index contributed by atoms with van der Waals surface area (Å²) in [5.41, 5.74) is 3.94. The number of fused-ring (bicyclic) bond motifs is 1. The Morgan fingerprint density at radius 1 is 1.31 bits per heavy atom. The molecular formula is C9H14ClN3. The molecule has 3 nitrogen and oxygen atoms in total. The number of hydrogen-bond acceptors (Lipinski definition) is 2. The lowest BCUT2D eigenvalue weighted by atomic mass is 10.1. The lowest BCUT2D eigenvalue weighted by molar-refractivity contribution is 0.801. The number of halogens is 1. The van der Waals surface area contributed by atoms with Gasteiger partial charge in [0.25, 0.3) is 0 Å². The molecule has 1 aliphatic carbocycles. The minimum Gasteiger partial charge on any atom is -0.382 e. The largest absolute Gasteiger partial charge is 0.382 e. The number of nitrogens with zero attached hydrogens (tertiary/aromatic N) is 1. The Labute approximate surface area is 83.7 Å². The zero-order valence-electron chi connectivity index (χ0n) is 7.47. The number of aromatic amines is 1. The highest BCUT2D eigenvalue weighted by molar-refractivity contribution is 5.85. The quantitative estimate of drug-likeness (QED) is 0.727. The Morgan fingerprint density at radius 2 is 2.15 bits per heavy atom. The average Bonchev–Trinajstić information content (AvgIpc) is 2.86. The van der Waals surface area contributed by atoms with Crippen LogP contribution in [0.4, 0.5) is 5.69 Å². The molecule has 1 aromatic rings. The zero-order chi connectivity index (χ0) is 7.97. The standard InChI is InChI=1S/C9H13N3.ClH/c1-2-7-9(10-5-1)8(12-11-7)6-3-4-6;/h6,10H,1-5H2,(H,11,12);1H. The number of hydrogen-bond donors (Lipinski definition) is 2. The van der Waals surface area contributed by atoms with Crippen molar-refractivity contribution in [3.8, 4) is 0 Å². The van der Waals surface area contributed by atoms with Gasteiger partial charge in [-0.2, -0.15) is 5.10 Å². The third kappa shape index (κ3) is 1.41. The molecular weight excluding hydrogens is 186 g/mol. The summed E-state index contributed by atoms with van der Waals surface area (Å²) in [6.07, 6.45) is 5.07. The molecule has 72 valence electrons. The minimum atomic E-state index is 0. The predicted octanol–water partition coefficient (Wildman–Crippen LogP) is 2.07. The molecule has 1 fully saturated rings. The molecule has 2 heterocycles. The van der Waals surface area contributed by atoms with Crippen LogP contribution in [0.3, 0.4) is 0 Å². The van der Waals surface area contributed by atoms with Crippen LogP contribution in [0.5, 0.6) is 0 Å².